The van der Waals surface area contributed by atoms with Crippen LogP contribution in [0.25, 0.3) is 5.57 Å². The molecular formula is C26H26F4N4O. The number of piperidine rings is 1. The fourth-order valence-corrected chi connectivity index (χ4v) is 4.22. The molecule has 1 aromatic heterocycles. The zero-order valence-electron chi connectivity index (χ0n) is 19.2. The summed E-state index contributed by atoms with van der Waals surface area (Å²) in [6.07, 6.45) is -0.396. The van der Waals surface area contributed by atoms with Crippen molar-refractivity contribution in [1.82, 2.24) is 20.4 Å². The third-order valence-electron chi connectivity index (χ3n) is 5.98. The highest BCUT2D eigenvalue weighted by molar-refractivity contribution is 5.94. The van der Waals surface area contributed by atoms with Crippen LogP contribution in [0.1, 0.15) is 52.9 Å². The van der Waals surface area contributed by atoms with Crippen LogP contribution >= 0.6 is 0 Å². The van der Waals surface area contributed by atoms with E-state index in [9.17, 15) is 22.4 Å². The van der Waals surface area contributed by atoms with Crippen molar-refractivity contribution in [3.8, 4) is 0 Å². The number of hydrogen-bond acceptors (Lipinski definition) is 3. The Bertz CT molecular complexity index is 1190. The molecule has 0 saturated carbocycles. The predicted octanol–water partition coefficient (Wildman–Crippen LogP) is 5.26. The van der Waals surface area contributed by atoms with E-state index in [1.807, 2.05) is 24.3 Å². The number of nitrogens with zero attached hydrogens (tertiary/aromatic N) is 2. The number of rotatable bonds is 6. The number of carbonyl (C=O) groups is 1. The van der Waals surface area contributed by atoms with Crippen LogP contribution in [0.4, 0.5) is 17.6 Å². The highest BCUT2D eigenvalue weighted by atomic mass is 19.4. The van der Waals surface area contributed by atoms with Crippen molar-refractivity contribution in [1.29, 1.82) is 0 Å². The minimum absolute atomic E-state index is 0.0620. The quantitative estimate of drug-likeness (QED) is 0.468. The fraction of sp³-hybridized carbons (Fsp3) is 0.308. The molecule has 9 heteroatoms. The average molecular weight is 487 g/mol. The zero-order valence-corrected chi connectivity index (χ0v) is 19.2. The smallest absolute Gasteiger partial charge is 0.345 e. The van der Waals surface area contributed by atoms with Crippen molar-refractivity contribution >= 4 is 11.5 Å². The number of hydrogen-bond donors (Lipinski definition) is 2. The van der Waals surface area contributed by atoms with Gasteiger partial charge in [-0.2, -0.15) is 18.3 Å². The van der Waals surface area contributed by atoms with Gasteiger partial charge in [-0.05, 0) is 67.3 Å². The van der Waals surface area contributed by atoms with E-state index in [0.717, 1.165) is 60.6 Å². The lowest BCUT2D eigenvalue weighted by Gasteiger charge is -2.22. The van der Waals surface area contributed by atoms with Crippen LogP contribution in [0.5, 0.6) is 0 Å². The van der Waals surface area contributed by atoms with Gasteiger partial charge in [0.15, 0.2) is 0 Å². The summed E-state index contributed by atoms with van der Waals surface area (Å²) < 4.78 is 51.8. The molecule has 35 heavy (non-hydrogen) atoms. The maximum atomic E-state index is 13.5. The maximum Gasteiger partial charge on any atom is 0.408 e. The fourth-order valence-electron chi connectivity index (χ4n) is 4.22. The Labute approximate surface area is 200 Å². The van der Waals surface area contributed by atoms with E-state index in [4.69, 9.17) is 0 Å². The Hall–Kier alpha value is -3.46. The molecule has 1 saturated heterocycles. The number of amides is 1. The van der Waals surface area contributed by atoms with E-state index in [-0.39, 0.29) is 17.4 Å². The topological polar surface area (TPSA) is 59.0 Å². The molecule has 0 unspecified atom stereocenters. The zero-order chi connectivity index (χ0) is 25.0. The first-order valence-corrected chi connectivity index (χ1v) is 11.4. The van der Waals surface area contributed by atoms with Crippen molar-refractivity contribution in [3.05, 3.63) is 94.6 Å². The van der Waals surface area contributed by atoms with Gasteiger partial charge in [0.05, 0.1) is 17.8 Å². The van der Waals surface area contributed by atoms with E-state index < -0.39 is 18.6 Å². The summed E-state index contributed by atoms with van der Waals surface area (Å²) in [6.45, 7) is 2.33. The molecule has 0 bridgehead atoms. The van der Waals surface area contributed by atoms with E-state index in [0.29, 0.717) is 4.68 Å². The van der Waals surface area contributed by atoms with Crippen LogP contribution in [-0.4, -0.2) is 35.0 Å². The second-order valence-electron chi connectivity index (χ2n) is 8.59. The SMILES string of the molecule is C[C@@H](NC(=O)c1cnn(CC(F)(F)F)c1)c1ccc(C(=C2CCNCC2)c2ccc(F)cc2)cc1. The molecule has 5 nitrogen and oxygen atoms in total. The van der Waals surface area contributed by atoms with Crippen LogP contribution in [0.2, 0.25) is 0 Å². The molecule has 1 amide bonds. The predicted molar refractivity (Wildman–Crippen MR) is 125 cm³/mol. The largest absolute Gasteiger partial charge is 0.408 e. The van der Waals surface area contributed by atoms with Crippen LogP contribution in [0, 0.1) is 5.82 Å². The molecule has 2 heterocycles. The summed E-state index contributed by atoms with van der Waals surface area (Å²) in [6, 6.07) is 13.9. The molecule has 184 valence electrons. The Kier molecular flexibility index (Phi) is 7.35. The molecule has 4 rings (SSSR count). The van der Waals surface area contributed by atoms with Gasteiger partial charge in [-0.1, -0.05) is 42.0 Å². The average Bonchev–Trinajstić information content (AvgIpc) is 3.28. The molecule has 1 atom stereocenters. The molecule has 0 aliphatic carbocycles. The van der Waals surface area contributed by atoms with Crippen LogP contribution < -0.4 is 10.6 Å². The standard InChI is InChI=1S/C26H26F4N4O/c1-17(33-25(35)22-14-32-34(15-22)16-26(28,29)30)18-2-4-19(5-3-18)24(21-10-12-31-13-11-21)20-6-8-23(27)9-7-20/h2-9,14-15,17,31H,10-13,16H2,1H3,(H,33,35)/t17-/m1/s1. The number of halogens is 4. The van der Waals surface area contributed by atoms with Crippen LogP contribution in [-0.2, 0) is 6.54 Å². The van der Waals surface area contributed by atoms with Gasteiger partial charge in [-0.25, -0.2) is 4.39 Å². The number of benzene rings is 2. The van der Waals surface area contributed by atoms with E-state index in [1.54, 1.807) is 19.1 Å². The van der Waals surface area contributed by atoms with E-state index in [1.165, 1.54) is 17.7 Å². The molecule has 1 aliphatic heterocycles. The molecule has 1 aliphatic rings. The first kappa shape index (κ1) is 24.7. The van der Waals surface area contributed by atoms with Gasteiger partial charge in [-0.15, -0.1) is 0 Å². The molecule has 1 fully saturated rings. The van der Waals surface area contributed by atoms with Crippen molar-refractivity contribution < 1.29 is 22.4 Å². The second-order valence-corrected chi connectivity index (χ2v) is 8.59. The third kappa shape index (κ3) is 6.36. The minimum Gasteiger partial charge on any atom is -0.345 e. The number of nitrogens with one attached hydrogen (secondary N) is 2. The van der Waals surface area contributed by atoms with Gasteiger partial charge in [0.2, 0.25) is 0 Å². The molecule has 2 aromatic carbocycles. The van der Waals surface area contributed by atoms with Crippen molar-refractivity contribution in [2.45, 2.75) is 38.5 Å². The van der Waals surface area contributed by atoms with E-state index >= 15 is 0 Å². The summed E-state index contributed by atoms with van der Waals surface area (Å²) in [5.41, 5.74) is 5.26. The Balaban J connectivity index is 1.51. The number of alkyl halides is 3. The first-order chi connectivity index (χ1) is 16.7. The maximum absolute atomic E-state index is 13.5. The minimum atomic E-state index is -4.41. The summed E-state index contributed by atoms with van der Waals surface area (Å²) in [4.78, 5) is 12.5. The molecular weight excluding hydrogens is 460 g/mol. The normalized spacial score (nSPS) is 15.1. The van der Waals surface area contributed by atoms with Gasteiger partial charge in [0, 0.05) is 6.20 Å². The summed E-state index contributed by atoms with van der Waals surface area (Å²) in [7, 11) is 0. The Morgan fingerprint density at radius 1 is 1.03 bits per heavy atom. The molecule has 3 aromatic rings. The lowest BCUT2D eigenvalue weighted by Crippen LogP contribution is -2.26. The summed E-state index contributed by atoms with van der Waals surface area (Å²) >= 11 is 0. The van der Waals surface area contributed by atoms with Crippen LogP contribution in [0.15, 0.2) is 66.5 Å². The van der Waals surface area contributed by atoms with Crippen LogP contribution in [0.3, 0.4) is 0 Å². The van der Waals surface area contributed by atoms with Crippen molar-refractivity contribution in [2.75, 3.05) is 13.1 Å². The monoisotopic (exact) mass is 486 g/mol. The molecule has 2 N–H and O–H groups in total. The van der Waals surface area contributed by atoms with Gasteiger partial charge in [0.1, 0.15) is 12.4 Å². The Morgan fingerprint density at radius 3 is 2.23 bits per heavy atom. The van der Waals surface area contributed by atoms with Crippen molar-refractivity contribution in [3.63, 3.8) is 0 Å². The molecule has 0 radical (unpaired) electrons. The highest BCUT2D eigenvalue weighted by Crippen LogP contribution is 2.32. The second kappa shape index (κ2) is 10.4. The van der Waals surface area contributed by atoms with Gasteiger partial charge in [0.25, 0.3) is 5.91 Å². The lowest BCUT2D eigenvalue weighted by atomic mass is 9.88. The number of aromatic nitrogens is 2. The third-order valence-corrected chi connectivity index (χ3v) is 5.98. The summed E-state index contributed by atoms with van der Waals surface area (Å²) in [5, 5.41) is 9.77. The Morgan fingerprint density at radius 2 is 1.63 bits per heavy atom. The summed E-state index contributed by atoms with van der Waals surface area (Å²) in [5.74, 6) is -0.786. The van der Waals surface area contributed by atoms with Gasteiger partial charge < -0.3 is 10.6 Å². The van der Waals surface area contributed by atoms with Crippen molar-refractivity contribution in [2.24, 2.45) is 0 Å². The van der Waals surface area contributed by atoms with Gasteiger partial charge in [-0.3, -0.25) is 9.48 Å². The lowest BCUT2D eigenvalue weighted by molar-refractivity contribution is -0.142. The number of carbonyl (C=O) groups excluding carboxylic acids is 1. The van der Waals surface area contributed by atoms with Gasteiger partial charge >= 0.3 is 6.18 Å². The molecule has 0 spiro atoms. The highest BCUT2D eigenvalue weighted by Gasteiger charge is 2.28. The van der Waals surface area contributed by atoms with E-state index in [2.05, 4.69) is 15.7 Å². The first-order valence-electron chi connectivity index (χ1n) is 11.4.